The smallest absolute Gasteiger partial charge is 0.273 e. The molecule has 0 atom stereocenters. The van der Waals surface area contributed by atoms with Crippen LogP contribution >= 0.6 is 0 Å². The Morgan fingerprint density at radius 3 is 2.57 bits per heavy atom. The molecule has 6 nitrogen and oxygen atoms in total. The summed E-state index contributed by atoms with van der Waals surface area (Å²) >= 11 is 0. The van der Waals surface area contributed by atoms with Gasteiger partial charge in [-0.1, -0.05) is 18.2 Å². The van der Waals surface area contributed by atoms with Gasteiger partial charge in [-0.15, -0.1) is 0 Å². The number of nitrogens with zero attached hydrogens (tertiary/aromatic N) is 1. The summed E-state index contributed by atoms with van der Waals surface area (Å²) in [4.78, 5) is 10.4. The zero-order valence-corrected chi connectivity index (χ0v) is 11.8. The van der Waals surface area contributed by atoms with Crippen LogP contribution in [0.25, 0.3) is 0 Å². The summed E-state index contributed by atoms with van der Waals surface area (Å²) in [7, 11) is 3.33. The summed E-state index contributed by atoms with van der Waals surface area (Å²) in [6, 6.07) is 11.7. The van der Waals surface area contributed by atoms with E-state index in [0.29, 0.717) is 23.8 Å². The molecule has 0 radical (unpaired) electrons. The molecule has 0 saturated carbocycles. The first-order chi connectivity index (χ1) is 10.2. The number of para-hydroxylation sites is 1. The van der Waals surface area contributed by atoms with Crippen LogP contribution in [0.15, 0.2) is 42.5 Å². The second-order valence-corrected chi connectivity index (χ2v) is 4.33. The summed E-state index contributed by atoms with van der Waals surface area (Å²) in [6.45, 7) is 0.632. The first kappa shape index (κ1) is 14.8. The highest BCUT2D eigenvalue weighted by atomic mass is 16.6. The molecule has 0 spiro atoms. The van der Waals surface area contributed by atoms with Crippen LogP contribution in [0, 0.1) is 10.1 Å². The van der Waals surface area contributed by atoms with Gasteiger partial charge >= 0.3 is 0 Å². The Morgan fingerprint density at radius 2 is 1.90 bits per heavy atom. The fourth-order valence-corrected chi connectivity index (χ4v) is 1.92. The number of non-ortho nitro benzene ring substituents is 1. The van der Waals surface area contributed by atoms with Crippen molar-refractivity contribution in [1.29, 1.82) is 0 Å². The Kier molecular flexibility index (Phi) is 4.73. The Balaban J connectivity index is 2.38. The van der Waals surface area contributed by atoms with E-state index in [2.05, 4.69) is 5.32 Å². The molecule has 0 bridgehead atoms. The molecule has 2 aromatic carbocycles. The molecule has 0 unspecified atom stereocenters. The molecular weight excluding hydrogens is 272 g/mol. The Bertz CT molecular complexity index is 643. The van der Waals surface area contributed by atoms with Crippen molar-refractivity contribution >= 4 is 5.69 Å². The van der Waals surface area contributed by atoms with E-state index < -0.39 is 4.92 Å². The molecule has 21 heavy (non-hydrogen) atoms. The molecule has 0 aliphatic rings. The number of nitro benzene ring substituents is 1. The molecule has 0 heterocycles. The van der Waals surface area contributed by atoms with Crippen LogP contribution in [0.3, 0.4) is 0 Å². The Labute approximate surface area is 122 Å². The van der Waals surface area contributed by atoms with Gasteiger partial charge in [0.25, 0.3) is 5.69 Å². The fourth-order valence-electron chi connectivity index (χ4n) is 1.92. The van der Waals surface area contributed by atoms with Crippen molar-refractivity contribution in [2.24, 2.45) is 0 Å². The molecule has 2 rings (SSSR count). The minimum Gasteiger partial charge on any atom is -0.493 e. The third-order valence-corrected chi connectivity index (χ3v) is 2.92. The van der Waals surface area contributed by atoms with Gasteiger partial charge in [-0.25, -0.2) is 0 Å². The highest BCUT2D eigenvalue weighted by Crippen LogP contribution is 2.35. The summed E-state index contributed by atoms with van der Waals surface area (Å²) in [6.07, 6.45) is 0. The summed E-state index contributed by atoms with van der Waals surface area (Å²) < 4.78 is 11.0. The molecule has 0 saturated heterocycles. The van der Waals surface area contributed by atoms with E-state index in [1.165, 1.54) is 25.3 Å². The van der Waals surface area contributed by atoms with Gasteiger partial charge in [0.2, 0.25) is 0 Å². The molecule has 0 aliphatic heterocycles. The molecule has 1 N–H and O–H groups in total. The van der Waals surface area contributed by atoms with E-state index >= 15 is 0 Å². The van der Waals surface area contributed by atoms with Crippen LogP contribution in [0.1, 0.15) is 5.56 Å². The summed E-state index contributed by atoms with van der Waals surface area (Å²) in [5, 5.41) is 13.9. The van der Waals surface area contributed by atoms with E-state index in [-0.39, 0.29) is 5.69 Å². The van der Waals surface area contributed by atoms with Crippen LogP contribution in [-0.2, 0) is 6.54 Å². The summed E-state index contributed by atoms with van der Waals surface area (Å²) in [5.74, 6) is 1.39. The average Bonchev–Trinajstić information content (AvgIpc) is 2.49. The topological polar surface area (TPSA) is 73.6 Å². The molecule has 6 heteroatoms. The second-order valence-electron chi connectivity index (χ2n) is 4.33. The van der Waals surface area contributed by atoms with Gasteiger partial charge in [-0.2, -0.15) is 0 Å². The largest absolute Gasteiger partial charge is 0.493 e. The van der Waals surface area contributed by atoms with Gasteiger partial charge in [-0.05, 0) is 19.2 Å². The van der Waals surface area contributed by atoms with Crippen LogP contribution in [0.5, 0.6) is 17.2 Å². The molecular formula is C15H16N2O4. The minimum absolute atomic E-state index is 0.0445. The maximum Gasteiger partial charge on any atom is 0.273 e. The van der Waals surface area contributed by atoms with E-state index in [1.54, 1.807) is 0 Å². The number of benzene rings is 2. The number of methoxy groups -OCH3 is 1. The molecule has 0 fully saturated rings. The summed E-state index contributed by atoms with van der Waals surface area (Å²) in [5.41, 5.74) is 0.908. The number of nitro groups is 1. The Hall–Kier alpha value is -2.60. The highest BCUT2D eigenvalue weighted by molar-refractivity contribution is 5.51. The van der Waals surface area contributed by atoms with E-state index in [4.69, 9.17) is 9.47 Å². The van der Waals surface area contributed by atoms with Crippen LogP contribution < -0.4 is 14.8 Å². The van der Waals surface area contributed by atoms with Crippen molar-refractivity contribution in [3.8, 4) is 17.2 Å². The number of rotatable bonds is 6. The average molecular weight is 288 g/mol. The maximum atomic E-state index is 10.9. The first-order valence-electron chi connectivity index (χ1n) is 6.38. The molecule has 2 aromatic rings. The minimum atomic E-state index is -0.466. The van der Waals surface area contributed by atoms with Gasteiger partial charge in [0, 0.05) is 18.2 Å². The monoisotopic (exact) mass is 288 g/mol. The number of ether oxygens (including phenoxy) is 2. The lowest BCUT2D eigenvalue weighted by atomic mass is 10.2. The van der Waals surface area contributed by atoms with Crippen LogP contribution in [0.4, 0.5) is 5.69 Å². The maximum absolute atomic E-state index is 10.9. The number of nitrogens with one attached hydrogen (secondary N) is 1. The molecule has 110 valence electrons. The molecule has 0 amide bonds. The van der Waals surface area contributed by atoms with Crippen molar-refractivity contribution in [2.45, 2.75) is 6.54 Å². The Morgan fingerprint density at radius 1 is 1.14 bits per heavy atom. The zero-order valence-electron chi connectivity index (χ0n) is 11.8. The van der Waals surface area contributed by atoms with Crippen molar-refractivity contribution in [1.82, 2.24) is 5.32 Å². The van der Waals surface area contributed by atoms with E-state index in [9.17, 15) is 10.1 Å². The van der Waals surface area contributed by atoms with Gasteiger partial charge < -0.3 is 14.8 Å². The first-order valence-corrected chi connectivity index (χ1v) is 6.38. The lowest BCUT2D eigenvalue weighted by molar-refractivity contribution is -0.384. The highest BCUT2D eigenvalue weighted by Gasteiger charge is 2.14. The van der Waals surface area contributed by atoms with Gasteiger partial charge in [0.15, 0.2) is 11.5 Å². The lowest BCUT2D eigenvalue weighted by Gasteiger charge is -2.13. The molecule has 0 aromatic heterocycles. The quantitative estimate of drug-likeness (QED) is 0.653. The third-order valence-electron chi connectivity index (χ3n) is 2.92. The van der Waals surface area contributed by atoms with Gasteiger partial charge in [0.1, 0.15) is 5.75 Å². The van der Waals surface area contributed by atoms with Crippen molar-refractivity contribution in [2.75, 3.05) is 14.2 Å². The number of hydrogen-bond acceptors (Lipinski definition) is 5. The third kappa shape index (κ3) is 3.49. The van der Waals surface area contributed by atoms with E-state index in [1.807, 2.05) is 31.3 Å². The van der Waals surface area contributed by atoms with Crippen molar-refractivity contribution in [3.63, 3.8) is 0 Å². The molecule has 0 aliphatic carbocycles. The standard InChI is InChI=1S/C15H16N2O4/c1-16-10-11-5-3-4-6-13(11)21-15-9-12(17(18)19)7-8-14(15)20-2/h3-9,16H,10H2,1-2H3. The SMILES string of the molecule is CNCc1ccccc1Oc1cc([N+](=O)[O-])ccc1OC. The predicted molar refractivity (Wildman–Crippen MR) is 78.9 cm³/mol. The fraction of sp³-hybridized carbons (Fsp3) is 0.200. The zero-order chi connectivity index (χ0) is 15.2. The van der Waals surface area contributed by atoms with E-state index in [0.717, 1.165) is 5.56 Å². The van der Waals surface area contributed by atoms with Gasteiger partial charge in [-0.3, -0.25) is 10.1 Å². The van der Waals surface area contributed by atoms with Crippen molar-refractivity contribution in [3.05, 3.63) is 58.1 Å². The normalized spacial score (nSPS) is 10.2. The van der Waals surface area contributed by atoms with Gasteiger partial charge in [0.05, 0.1) is 18.1 Å². The second kappa shape index (κ2) is 6.71. The lowest BCUT2D eigenvalue weighted by Crippen LogP contribution is -2.06. The van der Waals surface area contributed by atoms with Crippen molar-refractivity contribution < 1.29 is 14.4 Å². The van der Waals surface area contributed by atoms with Crippen LogP contribution in [0.2, 0.25) is 0 Å². The van der Waals surface area contributed by atoms with Crippen LogP contribution in [-0.4, -0.2) is 19.1 Å². The number of hydrogen-bond donors (Lipinski definition) is 1. The predicted octanol–water partition coefficient (Wildman–Crippen LogP) is 3.12.